The van der Waals surface area contributed by atoms with Crippen molar-refractivity contribution in [2.75, 3.05) is 19.0 Å². The predicted octanol–water partition coefficient (Wildman–Crippen LogP) is 3.41. The topological polar surface area (TPSA) is 71.0 Å². The Morgan fingerprint density at radius 2 is 1.75 bits per heavy atom. The average molecular weight is 375 g/mol. The van der Waals surface area contributed by atoms with Crippen LogP contribution in [0.25, 0.3) is 11.3 Å². The quantitative estimate of drug-likeness (QED) is 0.715. The number of anilines is 1. The van der Waals surface area contributed by atoms with Gasteiger partial charge in [-0.3, -0.25) is 9.78 Å². The lowest BCUT2D eigenvalue weighted by Crippen LogP contribution is -2.23. The van der Waals surface area contributed by atoms with Crippen molar-refractivity contribution in [2.24, 2.45) is 0 Å². The normalized spacial score (nSPS) is 10.6. The third-order valence-corrected chi connectivity index (χ3v) is 4.35. The molecule has 0 fully saturated rings. The first-order chi connectivity index (χ1) is 13.5. The van der Waals surface area contributed by atoms with E-state index in [9.17, 15) is 4.79 Å². The van der Waals surface area contributed by atoms with Crippen molar-refractivity contribution >= 4 is 11.9 Å². The highest BCUT2D eigenvalue weighted by Gasteiger charge is 2.10. The van der Waals surface area contributed by atoms with E-state index in [2.05, 4.69) is 27.2 Å². The number of amides is 1. The van der Waals surface area contributed by atoms with E-state index in [0.29, 0.717) is 18.1 Å². The molecule has 0 saturated carbocycles. The number of carbonyl (C=O) groups excluding carboxylic acids is 1. The molecule has 1 N–H and O–H groups in total. The van der Waals surface area contributed by atoms with Crippen LogP contribution in [0.2, 0.25) is 0 Å². The van der Waals surface area contributed by atoms with Gasteiger partial charge in [-0.25, -0.2) is 9.97 Å². The van der Waals surface area contributed by atoms with Crippen LogP contribution < -0.4 is 10.2 Å². The Kier molecular flexibility index (Phi) is 5.99. The molecular weight excluding hydrogens is 350 g/mol. The highest BCUT2D eigenvalue weighted by atomic mass is 16.1. The number of aromatic nitrogens is 3. The zero-order valence-electron chi connectivity index (χ0n) is 16.7. The summed E-state index contributed by atoms with van der Waals surface area (Å²) in [4.78, 5) is 27.9. The molecule has 2 heterocycles. The van der Waals surface area contributed by atoms with Crippen LogP contribution in [0, 0.1) is 6.92 Å². The van der Waals surface area contributed by atoms with E-state index in [1.807, 2.05) is 74.4 Å². The second-order valence-corrected chi connectivity index (χ2v) is 6.82. The average Bonchev–Trinajstić information content (AvgIpc) is 2.71. The Balaban J connectivity index is 1.74. The summed E-state index contributed by atoms with van der Waals surface area (Å²) >= 11 is 0. The Morgan fingerprint density at radius 3 is 2.39 bits per heavy atom. The third-order valence-electron chi connectivity index (χ3n) is 4.35. The first kappa shape index (κ1) is 19.5. The smallest absolute Gasteiger partial charge is 0.251 e. The van der Waals surface area contributed by atoms with Crippen LogP contribution in [0.1, 0.15) is 34.4 Å². The minimum absolute atomic E-state index is 0.124. The molecule has 0 radical (unpaired) electrons. The van der Waals surface area contributed by atoms with Crippen LogP contribution >= 0.6 is 0 Å². The Hall–Kier alpha value is -3.28. The largest absolute Gasteiger partial charge is 0.347 e. The lowest BCUT2D eigenvalue weighted by molar-refractivity contribution is 0.0950. The Morgan fingerprint density at radius 1 is 1.00 bits per heavy atom. The molecule has 6 nitrogen and oxygen atoms in total. The van der Waals surface area contributed by atoms with Crippen molar-refractivity contribution in [3.63, 3.8) is 0 Å². The summed E-state index contributed by atoms with van der Waals surface area (Å²) in [6, 6.07) is 15.2. The Labute approximate surface area is 165 Å². The van der Waals surface area contributed by atoms with Gasteiger partial charge in [0.2, 0.25) is 5.95 Å². The van der Waals surface area contributed by atoms with Gasteiger partial charge in [-0.15, -0.1) is 0 Å². The molecule has 0 saturated heterocycles. The standard InChI is InChI=1S/C22H25N5O/c1-5-18-13-20(26-22(25-18)27(3)4)16-9-11-17(12-10-16)21(28)23-14-19-8-6-7-15(2)24-19/h6-13H,5,14H2,1-4H3,(H,23,28). The summed E-state index contributed by atoms with van der Waals surface area (Å²) < 4.78 is 0. The van der Waals surface area contributed by atoms with E-state index >= 15 is 0 Å². The number of hydrogen-bond donors (Lipinski definition) is 1. The number of nitrogens with zero attached hydrogens (tertiary/aromatic N) is 4. The van der Waals surface area contributed by atoms with E-state index < -0.39 is 0 Å². The lowest BCUT2D eigenvalue weighted by Gasteiger charge is -2.13. The maximum absolute atomic E-state index is 12.4. The van der Waals surface area contributed by atoms with E-state index in [1.54, 1.807) is 0 Å². The van der Waals surface area contributed by atoms with Gasteiger partial charge in [-0.1, -0.05) is 25.1 Å². The summed E-state index contributed by atoms with van der Waals surface area (Å²) in [6.07, 6.45) is 0.837. The van der Waals surface area contributed by atoms with Crippen LogP contribution in [0.4, 0.5) is 5.95 Å². The number of pyridine rings is 1. The van der Waals surface area contributed by atoms with Crippen LogP contribution in [0.15, 0.2) is 48.5 Å². The van der Waals surface area contributed by atoms with Crippen LogP contribution in [0.5, 0.6) is 0 Å². The zero-order valence-corrected chi connectivity index (χ0v) is 16.7. The summed E-state index contributed by atoms with van der Waals surface area (Å²) in [5.74, 6) is 0.558. The molecule has 6 heteroatoms. The molecule has 3 rings (SSSR count). The molecule has 0 aliphatic heterocycles. The van der Waals surface area contributed by atoms with E-state index in [0.717, 1.165) is 34.8 Å². The molecule has 2 aromatic heterocycles. The first-order valence-corrected chi connectivity index (χ1v) is 9.32. The maximum atomic E-state index is 12.4. The maximum Gasteiger partial charge on any atom is 0.251 e. The molecule has 3 aromatic rings. The predicted molar refractivity (Wildman–Crippen MR) is 111 cm³/mol. The minimum atomic E-state index is -0.124. The van der Waals surface area contributed by atoms with Crippen LogP contribution in [-0.2, 0) is 13.0 Å². The van der Waals surface area contributed by atoms with Crippen molar-refractivity contribution in [1.82, 2.24) is 20.3 Å². The number of benzene rings is 1. The highest BCUT2D eigenvalue weighted by Crippen LogP contribution is 2.21. The van der Waals surface area contributed by atoms with Gasteiger partial charge in [0.1, 0.15) is 0 Å². The van der Waals surface area contributed by atoms with E-state index in [1.165, 1.54) is 0 Å². The van der Waals surface area contributed by atoms with Crippen molar-refractivity contribution < 1.29 is 4.79 Å². The number of aryl methyl sites for hydroxylation is 2. The van der Waals surface area contributed by atoms with Gasteiger partial charge in [0.05, 0.1) is 17.9 Å². The van der Waals surface area contributed by atoms with E-state index in [4.69, 9.17) is 0 Å². The molecule has 1 amide bonds. The Bertz CT molecular complexity index is 967. The minimum Gasteiger partial charge on any atom is -0.347 e. The van der Waals surface area contributed by atoms with Gasteiger partial charge in [-0.05, 0) is 43.7 Å². The molecule has 0 aliphatic carbocycles. The van der Waals surface area contributed by atoms with Crippen LogP contribution in [-0.4, -0.2) is 35.0 Å². The lowest BCUT2D eigenvalue weighted by atomic mass is 10.1. The second kappa shape index (κ2) is 8.61. The van der Waals surface area contributed by atoms with Gasteiger partial charge in [0, 0.05) is 36.6 Å². The molecule has 144 valence electrons. The summed E-state index contributed by atoms with van der Waals surface area (Å²) in [5, 5.41) is 2.91. The van der Waals surface area contributed by atoms with Crippen molar-refractivity contribution in [1.29, 1.82) is 0 Å². The second-order valence-electron chi connectivity index (χ2n) is 6.82. The SMILES string of the molecule is CCc1cc(-c2ccc(C(=O)NCc3cccc(C)n3)cc2)nc(N(C)C)n1. The summed E-state index contributed by atoms with van der Waals surface area (Å²) in [5.41, 5.74) is 5.18. The fraction of sp³-hybridized carbons (Fsp3) is 0.273. The van der Waals surface area contributed by atoms with Gasteiger partial charge >= 0.3 is 0 Å². The van der Waals surface area contributed by atoms with Gasteiger partial charge in [-0.2, -0.15) is 0 Å². The number of carbonyl (C=O) groups is 1. The summed E-state index contributed by atoms with van der Waals surface area (Å²) in [6.45, 7) is 4.41. The number of nitrogens with one attached hydrogen (secondary N) is 1. The van der Waals surface area contributed by atoms with Gasteiger partial charge < -0.3 is 10.2 Å². The van der Waals surface area contributed by atoms with Gasteiger partial charge in [0.25, 0.3) is 5.91 Å². The van der Waals surface area contributed by atoms with E-state index in [-0.39, 0.29) is 5.91 Å². The highest BCUT2D eigenvalue weighted by molar-refractivity contribution is 5.94. The van der Waals surface area contributed by atoms with Crippen molar-refractivity contribution in [2.45, 2.75) is 26.8 Å². The summed E-state index contributed by atoms with van der Waals surface area (Å²) in [7, 11) is 3.85. The first-order valence-electron chi connectivity index (χ1n) is 9.32. The zero-order chi connectivity index (χ0) is 20.1. The third kappa shape index (κ3) is 4.71. The monoisotopic (exact) mass is 375 g/mol. The molecule has 28 heavy (non-hydrogen) atoms. The molecule has 0 aliphatic rings. The van der Waals surface area contributed by atoms with Crippen molar-refractivity contribution in [3.8, 4) is 11.3 Å². The number of rotatable bonds is 6. The molecule has 0 spiro atoms. The molecular formula is C22H25N5O. The van der Waals surface area contributed by atoms with Gasteiger partial charge in [0.15, 0.2) is 0 Å². The van der Waals surface area contributed by atoms with Crippen molar-refractivity contribution in [3.05, 3.63) is 71.2 Å². The van der Waals surface area contributed by atoms with Crippen LogP contribution in [0.3, 0.4) is 0 Å². The fourth-order valence-electron chi connectivity index (χ4n) is 2.78. The molecule has 1 aromatic carbocycles. The molecule has 0 atom stereocenters. The molecule has 0 unspecified atom stereocenters. The molecule has 0 bridgehead atoms. The fourth-order valence-corrected chi connectivity index (χ4v) is 2.78. The number of hydrogen-bond acceptors (Lipinski definition) is 5.